The summed E-state index contributed by atoms with van der Waals surface area (Å²) in [6.45, 7) is 0. The molecule has 8 aromatic carbocycles. The van der Waals surface area contributed by atoms with E-state index in [-0.39, 0.29) is 0 Å². The van der Waals surface area contributed by atoms with E-state index in [1.807, 2.05) is 18.2 Å². The molecule has 0 radical (unpaired) electrons. The normalized spacial score (nSPS) is 11.7. The van der Waals surface area contributed by atoms with Gasteiger partial charge in [-0.15, -0.1) is 11.3 Å². The van der Waals surface area contributed by atoms with Crippen molar-refractivity contribution in [3.05, 3.63) is 182 Å². The average Bonchev–Trinajstić information content (AvgIpc) is 3.95. The largest absolute Gasteiger partial charge is 0.456 e. The van der Waals surface area contributed by atoms with Crippen molar-refractivity contribution in [1.29, 1.82) is 0 Å². The summed E-state index contributed by atoms with van der Waals surface area (Å²) in [5.74, 6) is 0. The maximum absolute atomic E-state index is 6.61. The second-order valence-electron chi connectivity index (χ2n) is 13.5. The van der Waals surface area contributed by atoms with Crippen molar-refractivity contribution >= 4 is 82.5 Å². The molecule has 3 aromatic heterocycles. The van der Waals surface area contributed by atoms with E-state index in [0.29, 0.717) is 0 Å². The Balaban J connectivity index is 1.06. The first kappa shape index (κ1) is 30.7. The van der Waals surface area contributed by atoms with Crippen LogP contribution in [-0.4, -0.2) is 4.98 Å². The van der Waals surface area contributed by atoms with Crippen LogP contribution in [0.3, 0.4) is 0 Å². The van der Waals surface area contributed by atoms with Gasteiger partial charge < -0.3 is 13.7 Å². The fraction of sp³-hybridized carbons (Fsp3) is 0. The van der Waals surface area contributed by atoms with E-state index in [9.17, 15) is 0 Å². The van der Waals surface area contributed by atoms with Crippen LogP contribution in [0.15, 0.2) is 191 Å². The van der Waals surface area contributed by atoms with Crippen LogP contribution in [0, 0.1) is 0 Å². The molecule has 0 fully saturated rings. The molecule has 11 rings (SSSR count). The molecule has 0 bridgehead atoms. The SMILES string of the molecule is c1ccc(-c2nc3c(ccc4oc5cc(N(c6ccc(-c7ccccc7-c7ccccc7)cc6)c6ccc7oc8ccccc8c7c6)ccc5c43)s2)cc1. The van der Waals surface area contributed by atoms with Gasteiger partial charge in [0.2, 0.25) is 0 Å². The zero-order valence-electron chi connectivity index (χ0n) is 28.9. The molecule has 4 nitrogen and oxygen atoms in total. The monoisotopic (exact) mass is 710 g/mol. The van der Waals surface area contributed by atoms with Crippen LogP contribution in [-0.2, 0) is 0 Å². The van der Waals surface area contributed by atoms with Crippen molar-refractivity contribution in [2.45, 2.75) is 0 Å². The van der Waals surface area contributed by atoms with E-state index in [2.05, 4.69) is 169 Å². The highest BCUT2D eigenvalue weighted by molar-refractivity contribution is 7.21. The number of furan rings is 2. The zero-order valence-corrected chi connectivity index (χ0v) is 29.8. The molecular weight excluding hydrogens is 681 g/mol. The van der Waals surface area contributed by atoms with Gasteiger partial charge in [-0.05, 0) is 82.9 Å². The molecule has 0 N–H and O–H groups in total. The topological polar surface area (TPSA) is 42.4 Å². The fourth-order valence-electron chi connectivity index (χ4n) is 7.78. The Morgan fingerprint density at radius 1 is 0.407 bits per heavy atom. The molecule has 0 saturated carbocycles. The Bertz CT molecular complexity index is 3160. The van der Waals surface area contributed by atoms with E-state index in [1.165, 1.54) is 16.7 Å². The predicted molar refractivity (Wildman–Crippen MR) is 225 cm³/mol. The predicted octanol–water partition coefficient (Wildman–Crippen LogP) is 14.6. The highest BCUT2D eigenvalue weighted by Crippen LogP contribution is 2.44. The smallest absolute Gasteiger partial charge is 0.137 e. The number of hydrogen-bond acceptors (Lipinski definition) is 5. The number of aromatic nitrogens is 1. The molecule has 0 unspecified atom stereocenters. The van der Waals surface area contributed by atoms with Crippen molar-refractivity contribution < 1.29 is 8.83 Å². The quantitative estimate of drug-likeness (QED) is 0.172. The Labute approximate surface area is 314 Å². The fourth-order valence-corrected chi connectivity index (χ4v) is 8.76. The average molecular weight is 711 g/mol. The van der Waals surface area contributed by atoms with E-state index in [0.717, 1.165) is 87.3 Å². The second-order valence-corrected chi connectivity index (χ2v) is 14.6. The molecule has 54 heavy (non-hydrogen) atoms. The summed E-state index contributed by atoms with van der Waals surface area (Å²) in [5.41, 5.74) is 13.3. The first-order valence-electron chi connectivity index (χ1n) is 18.0. The van der Waals surface area contributed by atoms with Crippen molar-refractivity contribution in [2.75, 3.05) is 4.90 Å². The summed E-state index contributed by atoms with van der Waals surface area (Å²) in [7, 11) is 0. The minimum atomic E-state index is 0.817. The third-order valence-electron chi connectivity index (χ3n) is 10.3. The van der Waals surface area contributed by atoms with E-state index in [4.69, 9.17) is 13.8 Å². The van der Waals surface area contributed by atoms with Crippen LogP contribution in [0.2, 0.25) is 0 Å². The van der Waals surface area contributed by atoms with Crippen molar-refractivity contribution in [3.63, 3.8) is 0 Å². The van der Waals surface area contributed by atoms with E-state index < -0.39 is 0 Å². The van der Waals surface area contributed by atoms with Gasteiger partial charge in [0.1, 0.15) is 27.3 Å². The van der Waals surface area contributed by atoms with Crippen LogP contribution in [0.4, 0.5) is 17.1 Å². The minimum absolute atomic E-state index is 0.817. The van der Waals surface area contributed by atoms with Gasteiger partial charge >= 0.3 is 0 Å². The van der Waals surface area contributed by atoms with Gasteiger partial charge in [-0.25, -0.2) is 4.98 Å². The highest BCUT2D eigenvalue weighted by atomic mass is 32.1. The van der Waals surface area contributed by atoms with E-state index in [1.54, 1.807) is 11.3 Å². The molecule has 3 heterocycles. The van der Waals surface area contributed by atoms with Crippen LogP contribution < -0.4 is 4.90 Å². The number of rotatable bonds is 6. The maximum Gasteiger partial charge on any atom is 0.137 e. The summed E-state index contributed by atoms with van der Waals surface area (Å²) >= 11 is 1.71. The lowest BCUT2D eigenvalue weighted by molar-refractivity contribution is 0.668. The van der Waals surface area contributed by atoms with Gasteiger partial charge in [0.15, 0.2) is 0 Å². The number of nitrogens with zero attached hydrogens (tertiary/aromatic N) is 2. The lowest BCUT2D eigenvalue weighted by atomic mass is 9.94. The van der Waals surface area contributed by atoms with Crippen LogP contribution in [0.1, 0.15) is 0 Å². The molecule has 0 saturated heterocycles. The lowest BCUT2D eigenvalue weighted by Crippen LogP contribution is -2.09. The van der Waals surface area contributed by atoms with E-state index >= 15 is 0 Å². The third kappa shape index (κ3) is 5.01. The molecule has 0 atom stereocenters. The summed E-state index contributed by atoms with van der Waals surface area (Å²) in [6, 6.07) is 63.8. The molecule has 0 amide bonds. The van der Waals surface area contributed by atoms with Gasteiger partial charge in [-0.1, -0.05) is 115 Å². The lowest BCUT2D eigenvalue weighted by Gasteiger charge is -2.26. The minimum Gasteiger partial charge on any atom is -0.456 e. The number of anilines is 3. The number of hydrogen-bond donors (Lipinski definition) is 0. The van der Waals surface area contributed by atoms with Gasteiger partial charge in [0, 0.05) is 44.9 Å². The first-order chi connectivity index (χ1) is 26.7. The Hall–Kier alpha value is -6.95. The summed E-state index contributed by atoms with van der Waals surface area (Å²) < 4.78 is 14.0. The summed E-state index contributed by atoms with van der Waals surface area (Å²) in [5, 5.41) is 5.27. The molecule has 0 spiro atoms. The van der Waals surface area contributed by atoms with Crippen LogP contribution in [0.25, 0.3) is 86.9 Å². The number of para-hydroxylation sites is 1. The molecule has 5 heteroatoms. The van der Waals surface area contributed by atoms with Crippen molar-refractivity contribution in [2.24, 2.45) is 0 Å². The molecule has 0 aliphatic carbocycles. The molecule has 0 aliphatic rings. The van der Waals surface area contributed by atoms with Crippen molar-refractivity contribution in [3.8, 4) is 32.8 Å². The Kier molecular flexibility index (Phi) is 7.00. The number of benzene rings is 8. The maximum atomic E-state index is 6.61. The second kappa shape index (κ2) is 12.3. The molecule has 11 aromatic rings. The zero-order chi connectivity index (χ0) is 35.6. The Morgan fingerprint density at radius 2 is 1.00 bits per heavy atom. The summed E-state index contributed by atoms with van der Waals surface area (Å²) in [4.78, 5) is 7.43. The molecule has 0 aliphatic heterocycles. The Morgan fingerprint density at radius 3 is 1.80 bits per heavy atom. The number of thiazole rings is 1. The summed E-state index contributed by atoms with van der Waals surface area (Å²) in [6.07, 6.45) is 0. The van der Waals surface area contributed by atoms with Crippen LogP contribution >= 0.6 is 11.3 Å². The molecular formula is C49H30N2O2S. The van der Waals surface area contributed by atoms with Gasteiger partial charge in [0.05, 0.1) is 15.6 Å². The van der Waals surface area contributed by atoms with Gasteiger partial charge in [-0.3, -0.25) is 0 Å². The third-order valence-corrected chi connectivity index (χ3v) is 11.4. The van der Waals surface area contributed by atoms with Crippen molar-refractivity contribution in [1.82, 2.24) is 4.98 Å². The molecule has 254 valence electrons. The number of fused-ring (bicyclic) bond motifs is 8. The first-order valence-corrected chi connectivity index (χ1v) is 18.8. The highest BCUT2D eigenvalue weighted by Gasteiger charge is 2.20. The van der Waals surface area contributed by atoms with Gasteiger partial charge in [-0.2, -0.15) is 0 Å². The standard InChI is InChI=1S/C49H30N2O2S/c1-3-11-31(12-4-1)37-15-7-8-16-38(37)32-19-21-34(22-20-32)51(35-24-26-43-41(29-35)39-17-9-10-18-42(39)52-43)36-23-25-40-45(30-36)53-44-27-28-46-48(47(40)44)50-49(54-46)33-13-5-2-6-14-33/h1-30H. The van der Waals surface area contributed by atoms with Crippen LogP contribution in [0.5, 0.6) is 0 Å². The van der Waals surface area contributed by atoms with Gasteiger partial charge in [0.25, 0.3) is 0 Å².